The fourth-order valence-electron chi connectivity index (χ4n) is 3.04. The van der Waals surface area contributed by atoms with Crippen molar-refractivity contribution in [3.05, 3.63) is 70.8 Å². The molecule has 2 aromatic rings. The summed E-state index contributed by atoms with van der Waals surface area (Å²) in [6, 6.07) is 12.0. The van der Waals surface area contributed by atoms with Crippen molar-refractivity contribution in [1.29, 1.82) is 5.26 Å². The lowest BCUT2D eigenvalue weighted by atomic mass is 9.73. The molecule has 186 valence electrons. The van der Waals surface area contributed by atoms with Crippen LogP contribution < -0.4 is 5.73 Å². The second-order valence-electron chi connectivity index (χ2n) is 7.95. The molecule has 0 radical (unpaired) electrons. The molecule has 0 saturated carbocycles. The number of nitrogens with zero attached hydrogens (tertiary/aromatic N) is 1. The Morgan fingerprint density at radius 2 is 1.14 bits per heavy atom. The van der Waals surface area contributed by atoms with Crippen molar-refractivity contribution in [1.82, 2.24) is 0 Å². The van der Waals surface area contributed by atoms with Crippen LogP contribution in [0.3, 0.4) is 0 Å². The number of hydrogen-bond donors (Lipinski definition) is 5. The molecule has 0 aliphatic rings. The predicted molar refractivity (Wildman–Crippen MR) is 125 cm³/mol. The Balaban J connectivity index is 0.000000762. The number of rotatable bonds is 9. The third-order valence-corrected chi connectivity index (χ3v) is 5.19. The molecule has 0 aliphatic carbocycles. The van der Waals surface area contributed by atoms with E-state index in [0.29, 0.717) is 11.1 Å². The van der Waals surface area contributed by atoms with Crippen molar-refractivity contribution in [3.63, 3.8) is 0 Å². The quantitative estimate of drug-likeness (QED) is 0.257. The highest BCUT2D eigenvalue weighted by molar-refractivity contribution is 6.28. The molecule has 0 aromatic heterocycles. The number of carboxylic acids is 2. The summed E-state index contributed by atoms with van der Waals surface area (Å²) < 4.78 is 0. The van der Waals surface area contributed by atoms with E-state index in [0.717, 1.165) is 37.1 Å². The Morgan fingerprint density at radius 1 is 0.829 bits per heavy atom. The van der Waals surface area contributed by atoms with Gasteiger partial charge in [-0.25, -0.2) is 9.59 Å². The van der Waals surface area contributed by atoms with Crippen LogP contribution in [0.2, 0.25) is 0 Å². The van der Waals surface area contributed by atoms with Gasteiger partial charge in [0.2, 0.25) is 11.6 Å². The number of benzene rings is 2. The fourth-order valence-corrected chi connectivity index (χ4v) is 3.04. The van der Waals surface area contributed by atoms with E-state index in [-0.39, 0.29) is 17.2 Å². The number of hydrogen-bond acceptors (Lipinski definition) is 8. The summed E-state index contributed by atoms with van der Waals surface area (Å²) in [6.07, 6.45) is 1.81. The minimum Gasteiger partial charge on any atom is -0.479 e. The van der Waals surface area contributed by atoms with E-state index in [9.17, 15) is 39.6 Å². The minimum atomic E-state index is -3.96. The predicted octanol–water partition coefficient (Wildman–Crippen LogP) is 1.64. The van der Waals surface area contributed by atoms with Gasteiger partial charge >= 0.3 is 11.9 Å². The van der Waals surface area contributed by atoms with Crippen LogP contribution in [0.1, 0.15) is 51.6 Å². The number of nitriles is 1. The molecule has 0 heterocycles. The molecular weight excluding hydrogens is 456 g/mol. The van der Waals surface area contributed by atoms with Crippen molar-refractivity contribution >= 4 is 23.5 Å². The van der Waals surface area contributed by atoms with Crippen LogP contribution in [0.5, 0.6) is 0 Å². The number of carbonyl (C=O) groups is 4. The molecule has 0 spiro atoms. The normalized spacial score (nSPS) is 14.7. The molecule has 35 heavy (non-hydrogen) atoms. The average Bonchev–Trinajstić information content (AvgIpc) is 2.83. The summed E-state index contributed by atoms with van der Waals surface area (Å²) in [5, 5.41) is 48.4. The molecule has 2 aromatic carbocycles. The Kier molecular flexibility index (Phi) is 9.97. The van der Waals surface area contributed by atoms with Crippen LogP contribution in [-0.4, -0.2) is 61.2 Å². The molecule has 0 saturated heterocycles. The number of nitrogens with two attached hydrogens (primary N) is 1. The lowest BCUT2D eigenvalue weighted by molar-refractivity contribution is -0.187. The number of Topliss-reactive ketones (excluding diaryl/α,β-unsaturated/α-hetero) is 2. The van der Waals surface area contributed by atoms with Gasteiger partial charge in [-0.3, -0.25) is 9.59 Å². The first-order chi connectivity index (χ1) is 16.3. The maximum Gasteiger partial charge on any atom is 0.348 e. The lowest BCUT2D eigenvalue weighted by Gasteiger charge is -2.34. The van der Waals surface area contributed by atoms with Gasteiger partial charge in [0.05, 0.1) is 12.1 Å². The van der Waals surface area contributed by atoms with Gasteiger partial charge in [-0.1, -0.05) is 73.0 Å². The third-order valence-electron chi connectivity index (χ3n) is 5.19. The number of aryl methyl sites for hydroxylation is 2. The van der Waals surface area contributed by atoms with Crippen molar-refractivity contribution < 1.29 is 39.6 Å². The van der Waals surface area contributed by atoms with E-state index in [4.69, 9.17) is 11.0 Å². The third kappa shape index (κ3) is 6.16. The number of carboxylic acid groups (broad SMARTS) is 2. The van der Waals surface area contributed by atoms with E-state index in [1.165, 1.54) is 24.3 Å². The standard InChI is InChI=1S/C20H18O8.C5H10N2/c1-11-3-7-13(8-4-11)15(21)19(27,17(23)24)20(28,18(25)26)16(22)14-9-5-12(2)6-10-14;1-2-3-5(7)4-6/h3-10,27-28H,1-2H3,(H,23,24)(H,25,26);5H,2-3,7H2,1H3/t19-,20-;/m1./s1. The summed E-state index contributed by atoms with van der Waals surface area (Å²) in [4.78, 5) is 49.1. The van der Waals surface area contributed by atoms with Crippen LogP contribution in [0.4, 0.5) is 0 Å². The van der Waals surface area contributed by atoms with E-state index >= 15 is 0 Å². The zero-order valence-electron chi connectivity index (χ0n) is 19.6. The van der Waals surface area contributed by atoms with Crippen molar-refractivity contribution in [2.45, 2.75) is 50.9 Å². The van der Waals surface area contributed by atoms with E-state index < -0.39 is 34.7 Å². The summed E-state index contributed by atoms with van der Waals surface area (Å²) in [6.45, 7) is 5.38. The maximum atomic E-state index is 12.8. The second kappa shape index (κ2) is 12.0. The fraction of sp³-hybridized carbons (Fsp3) is 0.320. The van der Waals surface area contributed by atoms with Crippen LogP contribution in [0.15, 0.2) is 48.5 Å². The van der Waals surface area contributed by atoms with Gasteiger partial charge in [0.25, 0.3) is 11.2 Å². The molecule has 0 bridgehead atoms. The molecule has 2 rings (SSSR count). The highest BCUT2D eigenvalue weighted by Crippen LogP contribution is 2.32. The Morgan fingerprint density at radius 3 is 1.34 bits per heavy atom. The zero-order chi connectivity index (χ0) is 27.0. The van der Waals surface area contributed by atoms with Gasteiger partial charge in [-0.2, -0.15) is 5.26 Å². The molecule has 6 N–H and O–H groups in total. The number of ketones is 2. The summed E-state index contributed by atoms with van der Waals surface area (Å²) in [5.74, 6) is -8.01. The lowest BCUT2D eigenvalue weighted by Crippen LogP contribution is -2.71. The molecule has 0 fully saturated rings. The number of aliphatic hydroxyl groups is 2. The van der Waals surface area contributed by atoms with E-state index in [1.54, 1.807) is 13.8 Å². The largest absolute Gasteiger partial charge is 0.479 e. The van der Waals surface area contributed by atoms with Crippen molar-refractivity contribution in [2.24, 2.45) is 5.73 Å². The summed E-state index contributed by atoms with van der Waals surface area (Å²) in [7, 11) is 0. The first-order valence-corrected chi connectivity index (χ1v) is 10.6. The monoisotopic (exact) mass is 484 g/mol. The molecule has 0 amide bonds. The van der Waals surface area contributed by atoms with E-state index in [1.807, 2.05) is 13.0 Å². The second-order valence-corrected chi connectivity index (χ2v) is 7.95. The smallest absolute Gasteiger partial charge is 0.348 e. The molecule has 10 heteroatoms. The zero-order valence-corrected chi connectivity index (χ0v) is 19.6. The minimum absolute atomic E-state index is 0.245. The summed E-state index contributed by atoms with van der Waals surface area (Å²) >= 11 is 0. The Labute approximate surface area is 202 Å². The number of carbonyl (C=O) groups excluding carboxylic acids is 2. The first-order valence-electron chi connectivity index (χ1n) is 10.6. The van der Waals surface area contributed by atoms with Gasteiger partial charge < -0.3 is 26.2 Å². The van der Waals surface area contributed by atoms with Crippen molar-refractivity contribution in [2.75, 3.05) is 0 Å². The maximum absolute atomic E-state index is 12.8. The highest BCUT2D eigenvalue weighted by Gasteiger charge is 2.69. The van der Waals surface area contributed by atoms with Gasteiger partial charge in [-0.15, -0.1) is 0 Å². The molecule has 3 atom stereocenters. The first kappa shape index (κ1) is 29.1. The molecule has 1 unspecified atom stereocenters. The Bertz CT molecular complexity index is 1040. The van der Waals surface area contributed by atoms with Crippen molar-refractivity contribution in [3.8, 4) is 6.07 Å². The van der Waals surface area contributed by atoms with Gasteiger partial charge in [0, 0.05) is 11.1 Å². The molecule has 0 aliphatic heterocycles. The molecular formula is C25H28N2O8. The van der Waals surface area contributed by atoms with Crippen LogP contribution in [-0.2, 0) is 9.59 Å². The number of aliphatic carboxylic acids is 2. The van der Waals surface area contributed by atoms with Gasteiger partial charge in [0.15, 0.2) is 0 Å². The van der Waals surface area contributed by atoms with Gasteiger partial charge in [0.1, 0.15) is 0 Å². The highest BCUT2D eigenvalue weighted by atomic mass is 16.5. The Hall–Kier alpha value is -3.91. The van der Waals surface area contributed by atoms with Crippen LogP contribution in [0, 0.1) is 25.2 Å². The topological polar surface area (TPSA) is 199 Å². The van der Waals surface area contributed by atoms with Crippen LogP contribution in [0.25, 0.3) is 0 Å². The summed E-state index contributed by atoms with van der Waals surface area (Å²) in [5.41, 5.74) is -2.05. The SMILES string of the molecule is CCCC(N)C#N.Cc1ccc(C(=O)[C@@](O)(C(=O)O)[C@](O)(C(=O)O)C(=O)c2ccc(C)cc2)cc1. The van der Waals surface area contributed by atoms with E-state index in [2.05, 4.69) is 0 Å². The van der Waals surface area contributed by atoms with Gasteiger partial charge in [-0.05, 0) is 20.3 Å². The van der Waals surface area contributed by atoms with Crippen LogP contribution >= 0.6 is 0 Å². The average molecular weight is 485 g/mol. The molecule has 10 nitrogen and oxygen atoms in total.